The molecule has 14 heavy (non-hydrogen) atoms. The average Bonchev–Trinajstić information content (AvgIpc) is 2.53. The number of aromatic nitrogens is 2. The predicted molar refractivity (Wildman–Crippen MR) is 56.2 cm³/mol. The van der Waals surface area contributed by atoms with Crippen LogP contribution in [0, 0.1) is 0 Å². The van der Waals surface area contributed by atoms with Gasteiger partial charge in [-0.3, -0.25) is 9.48 Å². The lowest BCUT2D eigenvalue weighted by Gasteiger charge is -2.03. The van der Waals surface area contributed by atoms with Gasteiger partial charge in [0.2, 0.25) is 0 Å². The molecule has 0 unspecified atom stereocenters. The molecular weight excluding hydrogens is 176 g/mol. The van der Waals surface area contributed by atoms with E-state index in [-0.39, 0.29) is 5.78 Å². The minimum Gasteiger partial charge on any atom is -0.299 e. The smallest absolute Gasteiger partial charge is 0.138 e. The number of Topliss-reactive ketones (excluding diaryl/α,β-unsaturated/α-hetero) is 1. The first kappa shape index (κ1) is 11.0. The van der Waals surface area contributed by atoms with Gasteiger partial charge in [0.25, 0.3) is 0 Å². The summed E-state index contributed by atoms with van der Waals surface area (Å²) >= 11 is 0. The molecule has 1 rings (SSSR count). The fourth-order valence-corrected chi connectivity index (χ4v) is 1.33. The van der Waals surface area contributed by atoms with Crippen LogP contribution in [0.15, 0.2) is 12.3 Å². The molecule has 0 bridgehead atoms. The van der Waals surface area contributed by atoms with Crippen LogP contribution < -0.4 is 0 Å². The highest BCUT2D eigenvalue weighted by atomic mass is 16.1. The topological polar surface area (TPSA) is 34.9 Å². The fraction of sp³-hybridized carbons (Fsp3) is 0.636. The molecule has 0 saturated carbocycles. The summed E-state index contributed by atoms with van der Waals surface area (Å²) < 4.78 is 1.88. The standard InChI is InChI=1S/C11H18N2O/c1-4-5-11(14)8-10-6-7-13(12-10)9(2)3/h6-7,9H,4-5,8H2,1-3H3. The summed E-state index contributed by atoms with van der Waals surface area (Å²) in [6, 6.07) is 2.29. The number of hydrogen-bond donors (Lipinski definition) is 0. The summed E-state index contributed by atoms with van der Waals surface area (Å²) in [6.07, 6.45) is 3.99. The number of nitrogens with zero attached hydrogens (tertiary/aromatic N) is 2. The summed E-state index contributed by atoms with van der Waals surface area (Å²) in [7, 11) is 0. The Hall–Kier alpha value is -1.12. The molecule has 0 atom stereocenters. The van der Waals surface area contributed by atoms with Gasteiger partial charge in [-0.2, -0.15) is 5.10 Å². The predicted octanol–water partition coefficient (Wildman–Crippen LogP) is 2.38. The maximum atomic E-state index is 11.3. The number of hydrogen-bond acceptors (Lipinski definition) is 2. The van der Waals surface area contributed by atoms with Crippen molar-refractivity contribution in [3.8, 4) is 0 Å². The van der Waals surface area contributed by atoms with E-state index in [1.54, 1.807) is 0 Å². The zero-order valence-corrected chi connectivity index (χ0v) is 9.16. The molecule has 0 amide bonds. The quantitative estimate of drug-likeness (QED) is 0.721. The number of ketones is 1. The number of rotatable bonds is 5. The lowest BCUT2D eigenvalue weighted by atomic mass is 10.1. The molecular formula is C11H18N2O. The molecule has 3 heteroatoms. The first-order valence-corrected chi connectivity index (χ1v) is 5.19. The van der Waals surface area contributed by atoms with Gasteiger partial charge in [0.05, 0.1) is 12.1 Å². The highest BCUT2D eigenvalue weighted by molar-refractivity contribution is 5.80. The molecule has 0 aliphatic rings. The average molecular weight is 194 g/mol. The van der Waals surface area contributed by atoms with Crippen molar-refractivity contribution in [1.82, 2.24) is 9.78 Å². The van der Waals surface area contributed by atoms with Crippen LogP contribution in [0.3, 0.4) is 0 Å². The monoisotopic (exact) mass is 194 g/mol. The third-order valence-corrected chi connectivity index (χ3v) is 2.10. The van der Waals surface area contributed by atoms with E-state index in [9.17, 15) is 4.79 Å². The van der Waals surface area contributed by atoms with Gasteiger partial charge in [-0.25, -0.2) is 0 Å². The maximum absolute atomic E-state index is 11.3. The third kappa shape index (κ3) is 2.98. The van der Waals surface area contributed by atoms with Crippen LogP contribution in [0.5, 0.6) is 0 Å². The normalized spacial score (nSPS) is 10.9. The second kappa shape index (κ2) is 4.94. The van der Waals surface area contributed by atoms with E-state index in [0.29, 0.717) is 18.9 Å². The lowest BCUT2D eigenvalue weighted by Crippen LogP contribution is -2.05. The van der Waals surface area contributed by atoms with E-state index in [4.69, 9.17) is 0 Å². The second-order valence-corrected chi connectivity index (χ2v) is 3.85. The van der Waals surface area contributed by atoms with Gasteiger partial charge in [-0.15, -0.1) is 0 Å². The molecule has 0 saturated heterocycles. The van der Waals surface area contributed by atoms with Crippen LogP contribution in [0.25, 0.3) is 0 Å². The summed E-state index contributed by atoms with van der Waals surface area (Å²) in [5, 5.41) is 4.33. The fourth-order valence-electron chi connectivity index (χ4n) is 1.33. The lowest BCUT2D eigenvalue weighted by molar-refractivity contribution is -0.118. The minimum absolute atomic E-state index is 0.279. The Bertz CT molecular complexity index is 302. The maximum Gasteiger partial charge on any atom is 0.138 e. The largest absolute Gasteiger partial charge is 0.299 e. The zero-order chi connectivity index (χ0) is 10.6. The van der Waals surface area contributed by atoms with Gasteiger partial charge >= 0.3 is 0 Å². The second-order valence-electron chi connectivity index (χ2n) is 3.85. The summed E-state index contributed by atoms with van der Waals surface area (Å²) in [4.78, 5) is 11.3. The van der Waals surface area contributed by atoms with Gasteiger partial charge in [0.15, 0.2) is 0 Å². The Balaban J connectivity index is 2.55. The van der Waals surface area contributed by atoms with Gasteiger partial charge in [-0.1, -0.05) is 6.92 Å². The van der Waals surface area contributed by atoms with Gasteiger partial charge < -0.3 is 0 Å². The highest BCUT2D eigenvalue weighted by Gasteiger charge is 2.06. The molecule has 0 N–H and O–H groups in total. The van der Waals surface area contributed by atoms with E-state index in [1.807, 2.05) is 23.9 Å². The Morgan fingerprint density at radius 1 is 1.57 bits per heavy atom. The van der Waals surface area contributed by atoms with Gasteiger partial charge in [-0.05, 0) is 26.3 Å². The van der Waals surface area contributed by atoms with Crippen LogP contribution >= 0.6 is 0 Å². The van der Waals surface area contributed by atoms with Crippen LogP contribution in [0.2, 0.25) is 0 Å². The first-order valence-electron chi connectivity index (χ1n) is 5.19. The van der Waals surface area contributed by atoms with E-state index < -0.39 is 0 Å². The molecule has 0 spiro atoms. The van der Waals surface area contributed by atoms with Crippen molar-refractivity contribution >= 4 is 5.78 Å². The SMILES string of the molecule is CCCC(=O)Cc1ccn(C(C)C)n1. The van der Waals surface area contributed by atoms with Gasteiger partial charge in [0.1, 0.15) is 5.78 Å². The molecule has 0 aliphatic heterocycles. The Kier molecular flexibility index (Phi) is 3.86. The van der Waals surface area contributed by atoms with E-state index >= 15 is 0 Å². The molecule has 0 aromatic carbocycles. The van der Waals surface area contributed by atoms with Crippen molar-refractivity contribution in [1.29, 1.82) is 0 Å². The van der Waals surface area contributed by atoms with Gasteiger partial charge in [0, 0.05) is 18.7 Å². The molecule has 3 nitrogen and oxygen atoms in total. The molecule has 1 aromatic rings. The Morgan fingerprint density at radius 3 is 2.79 bits per heavy atom. The third-order valence-electron chi connectivity index (χ3n) is 2.10. The van der Waals surface area contributed by atoms with Crippen molar-refractivity contribution < 1.29 is 4.79 Å². The highest BCUT2D eigenvalue weighted by Crippen LogP contribution is 2.06. The molecule has 1 heterocycles. The Morgan fingerprint density at radius 2 is 2.29 bits per heavy atom. The Labute approximate surface area is 85.1 Å². The van der Waals surface area contributed by atoms with E-state index in [0.717, 1.165) is 12.1 Å². The molecule has 0 fully saturated rings. The summed E-state index contributed by atoms with van der Waals surface area (Å²) in [6.45, 7) is 6.17. The molecule has 0 aliphatic carbocycles. The van der Waals surface area contributed by atoms with Crippen molar-refractivity contribution in [3.05, 3.63) is 18.0 Å². The van der Waals surface area contributed by atoms with Crippen molar-refractivity contribution in [3.63, 3.8) is 0 Å². The first-order chi connectivity index (χ1) is 6.63. The molecule has 1 aromatic heterocycles. The molecule has 78 valence electrons. The zero-order valence-electron chi connectivity index (χ0n) is 9.16. The van der Waals surface area contributed by atoms with Crippen LogP contribution in [0.1, 0.15) is 45.3 Å². The van der Waals surface area contributed by atoms with Crippen LogP contribution in [-0.2, 0) is 11.2 Å². The van der Waals surface area contributed by atoms with Crippen LogP contribution in [0.4, 0.5) is 0 Å². The number of carbonyl (C=O) groups excluding carboxylic acids is 1. The molecule has 0 radical (unpaired) electrons. The van der Waals surface area contributed by atoms with E-state index in [1.165, 1.54) is 0 Å². The van der Waals surface area contributed by atoms with Crippen molar-refractivity contribution in [2.24, 2.45) is 0 Å². The summed E-state index contributed by atoms with van der Waals surface area (Å²) in [5.41, 5.74) is 0.886. The van der Waals surface area contributed by atoms with E-state index in [2.05, 4.69) is 18.9 Å². The van der Waals surface area contributed by atoms with Crippen molar-refractivity contribution in [2.45, 2.75) is 46.1 Å². The minimum atomic E-state index is 0.279. The van der Waals surface area contributed by atoms with Crippen LogP contribution in [-0.4, -0.2) is 15.6 Å². The van der Waals surface area contributed by atoms with Crippen molar-refractivity contribution in [2.75, 3.05) is 0 Å². The summed E-state index contributed by atoms with van der Waals surface area (Å²) in [5.74, 6) is 0.279. The number of carbonyl (C=O) groups is 1.